The number of aromatic nitrogens is 2. The quantitative estimate of drug-likeness (QED) is 0.334. The van der Waals surface area contributed by atoms with Crippen molar-refractivity contribution < 1.29 is 9.94 Å². The van der Waals surface area contributed by atoms with E-state index in [2.05, 4.69) is 0 Å². The zero-order chi connectivity index (χ0) is 18.1. The van der Waals surface area contributed by atoms with Gasteiger partial charge < -0.3 is 10.4 Å². The minimum absolute atomic E-state index is 0.209. The Bertz CT molecular complexity index is 991. The highest BCUT2D eigenvalue weighted by Crippen LogP contribution is 2.34. The van der Waals surface area contributed by atoms with Crippen LogP contribution in [-0.4, -0.2) is 9.94 Å². The smallest absolute Gasteiger partial charge is 0.332 e. The highest BCUT2D eigenvalue weighted by Gasteiger charge is 2.31. The van der Waals surface area contributed by atoms with E-state index in [0.29, 0.717) is 17.0 Å². The van der Waals surface area contributed by atoms with Crippen molar-refractivity contribution in [3.8, 4) is 33.9 Å². The van der Waals surface area contributed by atoms with Crippen molar-refractivity contribution in [1.29, 1.82) is 0 Å². The molecule has 4 aromatic rings. The van der Waals surface area contributed by atoms with Gasteiger partial charge in [-0.15, -0.1) is 0 Å². The summed E-state index contributed by atoms with van der Waals surface area (Å²) < 4.78 is 1.83. The summed E-state index contributed by atoms with van der Waals surface area (Å²) in [7, 11) is 0. The molecule has 0 bridgehead atoms. The van der Waals surface area contributed by atoms with Crippen molar-refractivity contribution in [3.63, 3.8) is 0 Å². The molecule has 4 heteroatoms. The fraction of sp³-hybridized carbons (Fsp3) is 0.0455. The maximum absolute atomic E-state index is 13.3. The summed E-state index contributed by atoms with van der Waals surface area (Å²) in [5.74, 6) is 0.209. The molecule has 0 radical (unpaired) electrons. The molecule has 0 unspecified atom stereocenters. The largest absolute Gasteiger partial charge is 0.710 e. The molecular formula is C22H18N2O2. The number of aryl methyl sites for hydroxylation is 1. The summed E-state index contributed by atoms with van der Waals surface area (Å²) in [4.78, 5) is 0. The highest BCUT2D eigenvalue weighted by molar-refractivity contribution is 5.79. The SMILES string of the molecule is Cc1ccccc1-c1n(O)c(-c2ccccc2)c(-c2ccccc2)[n+]1[O-]. The molecule has 0 amide bonds. The van der Waals surface area contributed by atoms with E-state index in [1.54, 1.807) is 0 Å². The van der Waals surface area contributed by atoms with Gasteiger partial charge in [0.2, 0.25) is 5.69 Å². The van der Waals surface area contributed by atoms with E-state index in [9.17, 15) is 10.4 Å². The van der Waals surface area contributed by atoms with E-state index in [1.165, 1.54) is 0 Å². The Balaban J connectivity index is 2.08. The molecule has 0 fully saturated rings. The molecule has 1 N–H and O–H groups in total. The van der Waals surface area contributed by atoms with Crippen LogP contribution in [0.5, 0.6) is 0 Å². The Labute approximate surface area is 151 Å². The Hall–Kier alpha value is -3.53. The summed E-state index contributed by atoms with van der Waals surface area (Å²) in [6.45, 7) is 1.92. The summed E-state index contributed by atoms with van der Waals surface area (Å²) in [5.41, 5.74) is 4.05. The first-order valence-electron chi connectivity index (χ1n) is 8.43. The topological polar surface area (TPSA) is 52.1 Å². The van der Waals surface area contributed by atoms with Gasteiger partial charge in [0.15, 0.2) is 5.69 Å². The van der Waals surface area contributed by atoms with Crippen molar-refractivity contribution >= 4 is 0 Å². The van der Waals surface area contributed by atoms with Gasteiger partial charge >= 0.3 is 5.82 Å². The maximum atomic E-state index is 13.3. The average Bonchev–Trinajstić information content (AvgIpc) is 2.94. The molecule has 0 saturated heterocycles. The molecule has 0 atom stereocenters. The van der Waals surface area contributed by atoms with Crippen LogP contribution in [0.2, 0.25) is 0 Å². The van der Waals surface area contributed by atoms with Crippen LogP contribution >= 0.6 is 0 Å². The average molecular weight is 342 g/mol. The first kappa shape index (κ1) is 16.0. The molecule has 0 aliphatic rings. The van der Waals surface area contributed by atoms with Gasteiger partial charge in [0, 0.05) is 11.1 Å². The van der Waals surface area contributed by atoms with E-state index in [-0.39, 0.29) is 5.82 Å². The van der Waals surface area contributed by atoms with Gasteiger partial charge in [-0.25, -0.2) is 4.73 Å². The number of hydrogen-bond donors (Lipinski definition) is 1. The van der Waals surface area contributed by atoms with Crippen LogP contribution in [0, 0.1) is 12.1 Å². The fourth-order valence-corrected chi connectivity index (χ4v) is 3.25. The molecule has 3 aromatic carbocycles. The second-order valence-electron chi connectivity index (χ2n) is 6.17. The zero-order valence-electron chi connectivity index (χ0n) is 14.3. The van der Waals surface area contributed by atoms with Gasteiger partial charge in [-0.05, 0) is 23.3 Å². The molecule has 26 heavy (non-hydrogen) atoms. The molecule has 4 nitrogen and oxygen atoms in total. The Morgan fingerprint density at radius 1 is 0.769 bits per heavy atom. The van der Waals surface area contributed by atoms with Crippen molar-refractivity contribution in [2.75, 3.05) is 0 Å². The fourth-order valence-electron chi connectivity index (χ4n) is 3.25. The van der Waals surface area contributed by atoms with Crippen LogP contribution in [0.4, 0.5) is 0 Å². The lowest BCUT2D eigenvalue weighted by Crippen LogP contribution is -2.30. The second-order valence-corrected chi connectivity index (χ2v) is 6.17. The Morgan fingerprint density at radius 3 is 1.92 bits per heavy atom. The van der Waals surface area contributed by atoms with Crippen LogP contribution in [0.25, 0.3) is 33.9 Å². The summed E-state index contributed by atoms with van der Waals surface area (Å²) in [5, 5.41) is 24.3. The third kappa shape index (κ3) is 2.52. The highest BCUT2D eigenvalue weighted by atomic mass is 16.5. The van der Waals surface area contributed by atoms with E-state index in [0.717, 1.165) is 26.2 Å². The van der Waals surface area contributed by atoms with E-state index in [1.807, 2.05) is 91.9 Å². The predicted octanol–water partition coefficient (Wildman–Crippen LogP) is 4.67. The Kier molecular flexibility index (Phi) is 3.93. The lowest BCUT2D eigenvalue weighted by atomic mass is 10.1. The number of nitrogens with zero attached hydrogens (tertiary/aromatic N) is 2. The van der Waals surface area contributed by atoms with E-state index in [4.69, 9.17) is 0 Å². The van der Waals surface area contributed by atoms with Gasteiger partial charge in [-0.3, -0.25) is 0 Å². The lowest BCUT2D eigenvalue weighted by Gasteiger charge is -2.08. The molecular weight excluding hydrogens is 324 g/mol. The molecule has 1 heterocycles. The Morgan fingerprint density at radius 2 is 1.31 bits per heavy atom. The zero-order valence-corrected chi connectivity index (χ0v) is 14.3. The third-order valence-corrected chi connectivity index (χ3v) is 4.51. The number of hydrogen-bond acceptors (Lipinski definition) is 2. The first-order chi connectivity index (χ1) is 12.7. The molecule has 0 aliphatic carbocycles. The van der Waals surface area contributed by atoms with Crippen LogP contribution in [-0.2, 0) is 0 Å². The summed E-state index contributed by atoms with van der Waals surface area (Å²) in [6, 6.07) is 26.4. The van der Waals surface area contributed by atoms with Gasteiger partial charge in [-0.2, -0.15) is 0 Å². The van der Waals surface area contributed by atoms with Crippen molar-refractivity contribution in [1.82, 2.24) is 4.73 Å². The molecule has 4 rings (SSSR count). The molecule has 0 saturated carbocycles. The number of rotatable bonds is 3. The summed E-state index contributed by atoms with van der Waals surface area (Å²) in [6.07, 6.45) is 0. The van der Waals surface area contributed by atoms with Crippen LogP contribution in [0.3, 0.4) is 0 Å². The lowest BCUT2D eigenvalue weighted by molar-refractivity contribution is -0.582. The minimum Gasteiger partial charge on any atom is -0.710 e. The van der Waals surface area contributed by atoms with Gasteiger partial charge in [-0.1, -0.05) is 78.9 Å². The predicted molar refractivity (Wildman–Crippen MR) is 102 cm³/mol. The van der Waals surface area contributed by atoms with Gasteiger partial charge in [0.1, 0.15) is 0 Å². The minimum atomic E-state index is 0.209. The van der Waals surface area contributed by atoms with Crippen molar-refractivity contribution in [3.05, 3.63) is 95.7 Å². The number of imidazole rings is 1. The normalized spacial score (nSPS) is 10.8. The monoisotopic (exact) mass is 342 g/mol. The first-order valence-corrected chi connectivity index (χ1v) is 8.43. The van der Waals surface area contributed by atoms with E-state index >= 15 is 0 Å². The molecule has 1 aromatic heterocycles. The third-order valence-electron chi connectivity index (χ3n) is 4.51. The van der Waals surface area contributed by atoms with Crippen molar-refractivity contribution in [2.24, 2.45) is 0 Å². The maximum Gasteiger partial charge on any atom is 0.332 e. The van der Waals surface area contributed by atoms with Gasteiger partial charge in [0.25, 0.3) is 0 Å². The van der Waals surface area contributed by atoms with Crippen LogP contribution in [0.1, 0.15) is 5.56 Å². The molecule has 128 valence electrons. The molecule has 0 aliphatic heterocycles. The van der Waals surface area contributed by atoms with E-state index < -0.39 is 0 Å². The standard InChI is InChI=1S/C22H18N2O2/c1-16-10-8-9-15-19(16)22-23(25)20(17-11-4-2-5-12-17)21(24(22)26)18-13-6-3-7-14-18/h2-15,25H,1H3. The molecule has 0 spiro atoms. The van der Waals surface area contributed by atoms with Gasteiger partial charge in [0.05, 0.1) is 5.56 Å². The van der Waals surface area contributed by atoms with Crippen LogP contribution < -0.4 is 4.73 Å². The van der Waals surface area contributed by atoms with Crippen LogP contribution in [0.15, 0.2) is 84.9 Å². The number of benzene rings is 3. The second kappa shape index (κ2) is 6.41. The van der Waals surface area contributed by atoms with Crippen molar-refractivity contribution in [2.45, 2.75) is 6.92 Å². The summed E-state index contributed by atoms with van der Waals surface area (Å²) >= 11 is 0.